The second-order valence-corrected chi connectivity index (χ2v) is 8.52. The van der Waals surface area contributed by atoms with E-state index in [1.165, 1.54) is 6.42 Å². The molecule has 2 N–H and O–H groups in total. The average molecular weight is 414 g/mol. The monoisotopic (exact) mass is 413 g/mol. The Hall–Kier alpha value is -3.38. The zero-order valence-corrected chi connectivity index (χ0v) is 17.7. The largest absolute Gasteiger partial charge is 0.326 e. The third kappa shape index (κ3) is 4.25. The number of aromatic nitrogens is 1. The Morgan fingerprint density at radius 1 is 0.871 bits per heavy atom. The van der Waals surface area contributed by atoms with Crippen LogP contribution in [0.3, 0.4) is 0 Å². The molecule has 0 amide bonds. The average Bonchev–Trinajstić information content (AvgIpc) is 2.77. The van der Waals surface area contributed by atoms with Crippen molar-refractivity contribution in [1.82, 2.24) is 9.47 Å². The highest BCUT2D eigenvalue weighted by molar-refractivity contribution is 6.04. The number of hydrogen-bond donors (Lipinski definition) is 2. The summed E-state index contributed by atoms with van der Waals surface area (Å²) in [6.45, 7) is 2.83. The lowest BCUT2D eigenvalue weighted by atomic mass is 9.83. The molecule has 2 aliphatic heterocycles. The molecular formula is C25H27N5O. The van der Waals surface area contributed by atoms with Crippen LogP contribution in [-0.2, 0) is 6.54 Å². The Kier molecular flexibility index (Phi) is 5.30. The number of para-hydroxylation sites is 2. The third-order valence-electron chi connectivity index (χ3n) is 6.07. The van der Waals surface area contributed by atoms with Gasteiger partial charge in [0.15, 0.2) is 0 Å². The molecule has 6 heteroatoms. The Labute approximate surface area is 182 Å². The third-order valence-corrected chi connectivity index (χ3v) is 6.07. The summed E-state index contributed by atoms with van der Waals surface area (Å²) in [5, 5.41) is 6.63. The van der Waals surface area contributed by atoms with Crippen LogP contribution in [0.25, 0.3) is 0 Å². The summed E-state index contributed by atoms with van der Waals surface area (Å²) in [4.78, 5) is 20.4. The van der Waals surface area contributed by atoms with Gasteiger partial charge in [0, 0.05) is 42.6 Å². The molecule has 1 fully saturated rings. The second-order valence-electron chi connectivity index (χ2n) is 8.52. The maximum Gasteiger partial charge on any atom is 0.276 e. The molecule has 0 saturated carbocycles. The summed E-state index contributed by atoms with van der Waals surface area (Å²) in [6.07, 6.45) is 1.17. The number of aliphatic imine (C=N–C) groups is 1. The Balaban J connectivity index is 1.51. The zero-order valence-electron chi connectivity index (χ0n) is 17.7. The second kappa shape index (κ2) is 8.40. The first-order chi connectivity index (χ1) is 15.2. The molecule has 158 valence electrons. The van der Waals surface area contributed by atoms with E-state index in [9.17, 15) is 4.79 Å². The fraction of sp³-hybridized carbons (Fsp3) is 0.280. The van der Waals surface area contributed by atoms with Crippen LogP contribution in [0.15, 0.2) is 82.6 Å². The lowest BCUT2D eigenvalue weighted by molar-refractivity contribution is 0.145. The molecule has 6 nitrogen and oxygen atoms in total. The highest BCUT2D eigenvalue weighted by atomic mass is 16.1. The van der Waals surface area contributed by atoms with E-state index in [1.807, 2.05) is 71.3 Å². The summed E-state index contributed by atoms with van der Waals surface area (Å²) >= 11 is 0. The lowest BCUT2D eigenvalue weighted by Crippen LogP contribution is -2.45. The molecule has 0 unspecified atom stereocenters. The maximum atomic E-state index is 13.4. The molecule has 3 aromatic rings. The van der Waals surface area contributed by atoms with Crippen molar-refractivity contribution in [1.29, 1.82) is 0 Å². The van der Waals surface area contributed by atoms with Crippen molar-refractivity contribution in [2.75, 3.05) is 30.8 Å². The standard InChI is InChI=1S/C25H27N5O/c1-29-15-18-14-19(17-29)23-13-12-22(24(31)30(23)16-18)28-25(26-20-8-4-2-5-9-20)27-21-10-6-3-7-11-21/h2-13,18-19H,14-17H2,1H3,(H2,26,27,28)/t18-,19-/m1/s1. The summed E-state index contributed by atoms with van der Waals surface area (Å²) in [6, 6.07) is 23.6. The molecule has 31 heavy (non-hydrogen) atoms. The minimum absolute atomic E-state index is 0.0148. The van der Waals surface area contributed by atoms with Gasteiger partial charge in [-0.05, 0) is 55.8 Å². The quantitative estimate of drug-likeness (QED) is 0.501. The Morgan fingerprint density at radius 2 is 1.52 bits per heavy atom. The first-order valence-electron chi connectivity index (χ1n) is 10.8. The normalized spacial score (nSPS) is 19.9. The Bertz CT molecular complexity index is 1100. The number of piperidine rings is 1. The molecule has 5 rings (SSSR count). The predicted molar refractivity (Wildman–Crippen MR) is 126 cm³/mol. The van der Waals surface area contributed by atoms with E-state index in [0.717, 1.165) is 36.7 Å². The highest BCUT2D eigenvalue weighted by Gasteiger charge is 2.33. The van der Waals surface area contributed by atoms with E-state index < -0.39 is 0 Å². The number of rotatable bonds is 3. The van der Waals surface area contributed by atoms with Gasteiger partial charge in [0.25, 0.3) is 5.56 Å². The number of likely N-dealkylation sites (N-methyl/N-ethyl adjacent to an activating group) is 1. The molecular weight excluding hydrogens is 386 g/mol. The molecule has 1 aromatic heterocycles. The van der Waals surface area contributed by atoms with E-state index >= 15 is 0 Å². The van der Waals surface area contributed by atoms with Gasteiger partial charge in [0.2, 0.25) is 5.96 Å². The van der Waals surface area contributed by atoms with E-state index in [4.69, 9.17) is 4.99 Å². The topological polar surface area (TPSA) is 61.7 Å². The summed E-state index contributed by atoms with van der Waals surface area (Å²) < 4.78 is 1.95. The number of likely N-dealkylation sites (tertiary alicyclic amines) is 1. The maximum absolute atomic E-state index is 13.4. The zero-order chi connectivity index (χ0) is 21.2. The van der Waals surface area contributed by atoms with Crippen LogP contribution in [0.4, 0.5) is 17.1 Å². The van der Waals surface area contributed by atoms with Gasteiger partial charge in [-0.1, -0.05) is 36.4 Å². The van der Waals surface area contributed by atoms with E-state index in [0.29, 0.717) is 23.5 Å². The number of benzene rings is 2. The number of guanidine groups is 1. The molecule has 0 spiro atoms. The van der Waals surface area contributed by atoms with Crippen LogP contribution in [-0.4, -0.2) is 35.6 Å². The van der Waals surface area contributed by atoms with Gasteiger partial charge in [-0.15, -0.1) is 0 Å². The van der Waals surface area contributed by atoms with Crippen LogP contribution in [0.1, 0.15) is 18.0 Å². The van der Waals surface area contributed by atoms with Crippen molar-refractivity contribution < 1.29 is 0 Å². The molecule has 2 bridgehead atoms. The van der Waals surface area contributed by atoms with Gasteiger partial charge in [-0.2, -0.15) is 0 Å². The molecule has 2 aromatic carbocycles. The van der Waals surface area contributed by atoms with Crippen LogP contribution >= 0.6 is 0 Å². The van der Waals surface area contributed by atoms with Crippen molar-refractivity contribution in [2.45, 2.75) is 18.9 Å². The van der Waals surface area contributed by atoms with Crippen LogP contribution in [0.5, 0.6) is 0 Å². The predicted octanol–water partition coefficient (Wildman–Crippen LogP) is 4.11. The van der Waals surface area contributed by atoms with Crippen molar-refractivity contribution in [3.63, 3.8) is 0 Å². The fourth-order valence-electron chi connectivity index (χ4n) is 4.78. The molecule has 1 saturated heterocycles. The lowest BCUT2D eigenvalue weighted by Gasteiger charge is -2.41. The fourth-order valence-corrected chi connectivity index (χ4v) is 4.78. The number of fused-ring (bicyclic) bond motifs is 4. The molecule has 2 aliphatic rings. The van der Waals surface area contributed by atoms with Crippen molar-refractivity contribution >= 4 is 23.0 Å². The SMILES string of the molecule is CN1C[C@H]2C[C@H](C1)c1ccc(N=C(Nc3ccccc3)Nc3ccccc3)c(=O)n1C2. The van der Waals surface area contributed by atoms with Crippen LogP contribution < -0.4 is 16.2 Å². The van der Waals surface area contributed by atoms with Gasteiger partial charge < -0.3 is 20.1 Å². The summed E-state index contributed by atoms with van der Waals surface area (Å²) in [5.74, 6) is 1.47. The Morgan fingerprint density at radius 3 is 2.16 bits per heavy atom. The highest BCUT2D eigenvalue weighted by Crippen LogP contribution is 2.35. The first kappa shape index (κ1) is 19.6. The molecule has 3 heterocycles. The van der Waals surface area contributed by atoms with Gasteiger partial charge >= 0.3 is 0 Å². The van der Waals surface area contributed by atoms with E-state index in [1.54, 1.807) is 0 Å². The molecule has 2 atom stereocenters. The number of hydrogen-bond acceptors (Lipinski definition) is 3. The number of nitrogens with one attached hydrogen (secondary N) is 2. The van der Waals surface area contributed by atoms with Gasteiger partial charge in [0.05, 0.1) is 0 Å². The number of anilines is 2. The van der Waals surface area contributed by atoms with Crippen LogP contribution in [0, 0.1) is 5.92 Å². The van der Waals surface area contributed by atoms with Crippen molar-refractivity contribution in [2.24, 2.45) is 10.9 Å². The van der Waals surface area contributed by atoms with Crippen molar-refractivity contribution in [3.8, 4) is 0 Å². The smallest absolute Gasteiger partial charge is 0.276 e. The van der Waals surface area contributed by atoms with Crippen molar-refractivity contribution in [3.05, 3.63) is 88.8 Å². The van der Waals surface area contributed by atoms with E-state index in [-0.39, 0.29) is 5.56 Å². The molecule has 0 aliphatic carbocycles. The number of nitrogens with zero attached hydrogens (tertiary/aromatic N) is 3. The van der Waals surface area contributed by atoms with Crippen LogP contribution in [0.2, 0.25) is 0 Å². The van der Waals surface area contributed by atoms with Gasteiger partial charge in [-0.25, -0.2) is 4.99 Å². The number of pyridine rings is 1. The first-order valence-corrected chi connectivity index (χ1v) is 10.8. The minimum Gasteiger partial charge on any atom is -0.326 e. The minimum atomic E-state index is -0.0148. The summed E-state index contributed by atoms with van der Waals surface area (Å²) in [7, 11) is 2.17. The molecule has 0 radical (unpaired) electrons. The summed E-state index contributed by atoms with van der Waals surface area (Å²) in [5.41, 5.74) is 3.37. The van der Waals surface area contributed by atoms with Gasteiger partial charge in [0.1, 0.15) is 5.69 Å². The van der Waals surface area contributed by atoms with E-state index in [2.05, 4.69) is 28.6 Å². The van der Waals surface area contributed by atoms with Gasteiger partial charge in [-0.3, -0.25) is 4.79 Å².